The van der Waals surface area contributed by atoms with E-state index in [9.17, 15) is 0 Å². The van der Waals surface area contributed by atoms with Crippen molar-refractivity contribution in [3.05, 3.63) is 64.9 Å². The normalized spacial score (nSPS) is 11.0. The summed E-state index contributed by atoms with van der Waals surface area (Å²) in [5, 5.41) is 8.80. The molecule has 0 atom stereocenters. The molecule has 0 N–H and O–H groups in total. The van der Waals surface area contributed by atoms with Gasteiger partial charge >= 0.3 is 0 Å². The molecule has 2 aromatic heterocycles. The number of hydrogen-bond donors (Lipinski definition) is 0. The molecule has 0 saturated carbocycles. The Hall–Kier alpha value is -2.92. The van der Waals surface area contributed by atoms with Gasteiger partial charge in [0.05, 0.1) is 5.02 Å². The third-order valence-electron chi connectivity index (χ3n) is 3.91. The Morgan fingerprint density at radius 3 is 2.56 bits per heavy atom. The zero-order valence-corrected chi connectivity index (χ0v) is 14.4. The van der Waals surface area contributed by atoms with Crippen LogP contribution in [0, 0.1) is 13.8 Å². The Kier molecular flexibility index (Phi) is 3.86. The second-order valence-corrected chi connectivity index (χ2v) is 6.14. The van der Waals surface area contributed by atoms with E-state index in [4.69, 9.17) is 20.6 Å². The summed E-state index contributed by atoms with van der Waals surface area (Å²) in [6, 6.07) is 15.4. The summed E-state index contributed by atoms with van der Waals surface area (Å²) in [6.07, 6.45) is 0. The summed E-state index contributed by atoms with van der Waals surface area (Å²) in [4.78, 5) is 4.52. The minimum atomic E-state index is 0.352. The van der Waals surface area contributed by atoms with Gasteiger partial charge in [-0.15, -0.1) is 0 Å². The maximum atomic E-state index is 6.30. The molecule has 0 amide bonds. The Balaban J connectivity index is 1.82. The van der Waals surface area contributed by atoms with E-state index < -0.39 is 0 Å². The van der Waals surface area contributed by atoms with Crippen LogP contribution in [0.2, 0.25) is 5.02 Å². The predicted octanol–water partition coefficient (Wildman–Crippen LogP) is 5.33. The monoisotopic (exact) mass is 351 g/mol. The van der Waals surface area contributed by atoms with Gasteiger partial charge in [0.1, 0.15) is 17.0 Å². The van der Waals surface area contributed by atoms with Crippen molar-refractivity contribution >= 4 is 11.6 Å². The third-order valence-corrected chi connectivity index (χ3v) is 4.24. The Bertz CT molecular complexity index is 1050. The fraction of sp³-hybridized carbons (Fsp3) is 0.105. The first-order chi connectivity index (χ1) is 12.1. The number of nitrogens with zero attached hydrogens (tertiary/aromatic N) is 3. The molecule has 4 aromatic rings. The van der Waals surface area contributed by atoms with Gasteiger partial charge in [-0.1, -0.05) is 63.9 Å². The minimum absolute atomic E-state index is 0.352. The molecule has 25 heavy (non-hydrogen) atoms. The summed E-state index contributed by atoms with van der Waals surface area (Å²) in [5.41, 5.74) is 4.01. The lowest BCUT2D eigenvalue weighted by atomic mass is 10.1. The number of aromatic nitrogens is 3. The van der Waals surface area contributed by atoms with Crippen molar-refractivity contribution < 1.29 is 9.05 Å². The van der Waals surface area contributed by atoms with Crippen LogP contribution in [-0.4, -0.2) is 15.3 Å². The lowest BCUT2D eigenvalue weighted by molar-refractivity contribution is 0.397. The summed E-state index contributed by atoms with van der Waals surface area (Å²) >= 11 is 6.30. The van der Waals surface area contributed by atoms with Crippen LogP contribution in [0.15, 0.2) is 57.6 Å². The minimum Gasteiger partial charge on any atom is -0.360 e. The van der Waals surface area contributed by atoms with Crippen molar-refractivity contribution in [1.82, 2.24) is 15.3 Å². The number of hydrogen-bond acceptors (Lipinski definition) is 5. The van der Waals surface area contributed by atoms with E-state index in [1.54, 1.807) is 13.0 Å². The first-order valence-corrected chi connectivity index (χ1v) is 8.13. The van der Waals surface area contributed by atoms with E-state index in [2.05, 4.69) is 15.3 Å². The van der Waals surface area contributed by atoms with Gasteiger partial charge in [0.25, 0.3) is 5.89 Å². The van der Waals surface area contributed by atoms with Gasteiger partial charge in [-0.3, -0.25) is 0 Å². The quantitative estimate of drug-likeness (QED) is 0.499. The average Bonchev–Trinajstić information content (AvgIpc) is 3.22. The van der Waals surface area contributed by atoms with Gasteiger partial charge in [-0.2, -0.15) is 4.98 Å². The molecule has 0 radical (unpaired) electrons. The van der Waals surface area contributed by atoms with Crippen LogP contribution >= 0.6 is 11.6 Å². The standard InChI is InChI=1S/C19H14ClN3O2/c1-11-6-5-7-13(10-11)18-21-19(25-23-18)16-12(2)24-22-17(16)14-8-3-4-9-15(14)20/h3-10H,1-2H3. The molecule has 5 nitrogen and oxygen atoms in total. The van der Waals surface area contributed by atoms with Crippen molar-refractivity contribution in [3.8, 4) is 34.1 Å². The lowest BCUT2D eigenvalue weighted by Crippen LogP contribution is -1.86. The molecule has 4 rings (SSSR count). The number of halogens is 1. The first kappa shape index (κ1) is 15.6. The van der Waals surface area contributed by atoms with Gasteiger partial charge < -0.3 is 9.05 Å². The van der Waals surface area contributed by atoms with Crippen molar-refractivity contribution in [2.75, 3.05) is 0 Å². The number of rotatable bonds is 3. The zero-order valence-electron chi connectivity index (χ0n) is 13.7. The van der Waals surface area contributed by atoms with Crippen LogP contribution in [0.5, 0.6) is 0 Å². The van der Waals surface area contributed by atoms with Crippen molar-refractivity contribution in [2.45, 2.75) is 13.8 Å². The van der Waals surface area contributed by atoms with E-state index in [1.165, 1.54) is 0 Å². The molecule has 2 heterocycles. The molecule has 0 unspecified atom stereocenters. The average molecular weight is 352 g/mol. The third kappa shape index (κ3) is 2.83. The second-order valence-electron chi connectivity index (χ2n) is 5.73. The second kappa shape index (κ2) is 6.18. The van der Waals surface area contributed by atoms with Crippen molar-refractivity contribution in [2.24, 2.45) is 0 Å². The van der Waals surface area contributed by atoms with Gasteiger partial charge in [-0.25, -0.2) is 0 Å². The van der Waals surface area contributed by atoms with Gasteiger partial charge in [0.2, 0.25) is 5.82 Å². The van der Waals surface area contributed by atoms with Crippen molar-refractivity contribution in [1.29, 1.82) is 0 Å². The molecule has 2 aromatic carbocycles. The van der Waals surface area contributed by atoms with Crippen LogP contribution < -0.4 is 0 Å². The summed E-state index contributed by atoms with van der Waals surface area (Å²) in [7, 11) is 0. The molecule has 6 heteroatoms. The van der Waals surface area contributed by atoms with Crippen LogP contribution in [-0.2, 0) is 0 Å². The summed E-state index contributed by atoms with van der Waals surface area (Å²) < 4.78 is 10.8. The van der Waals surface area contributed by atoms with Crippen molar-refractivity contribution in [3.63, 3.8) is 0 Å². The molecular weight excluding hydrogens is 338 g/mol. The SMILES string of the molecule is Cc1cccc(-c2noc(-c3c(-c4ccccc4Cl)noc3C)n2)c1. The highest BCUT2D eigenvalue weighted by Crippen LogP contribution is 2.37. The summed E-state index contributed by atoms with van der Waals surface area (Å²) in [6.45, 7) is 3.82. The van der Waals surface area contributed by atoms with Gasteiger partial charge in [-0.05, 0) is 26.0 Å². The first-order valence-electron chi connectivity index (χ1n) is 7.76. The molecule has 0 aliphatic rings. The molecule has 0 aliphatic carbocycles. The molecule has 0 spiro atoms. The fourth-order valence-electron chi connectivity index (χ4n) is 2.69. The Morgan fingerprint density at radius 1 is 0.920 bits per heavy atom. The maximum absolute atomic E-state index is 6.30. The molecule has 0 fully saturated rings. The Morgan fingerprint density at radius 2 is 1.76 bits per heavy atom. The molecule has 0 bridgehead atoms. The smallest absolute Gasteiger partial charge is 0.264 e. The molecular formula is C19H14ClN3O2. The van der Waals surface area contributed by atoms with Crippen LogP contribution in [0.25, 0.3) is 34.1 Å². The van der Waals surface area contributed by atoms with Gasteiger partial charge in [0, 0.05) is 11.1 Å². The van der Waals surface area contributed by atoms with E-state index in [0.29, 0.717) is 33.8 Å². The highest BCUT2D eigenvalue weighted by Gasteiger charge is 2.23. The van der Waals surface area contributed by atoms with Gasteiger partial charge in [0.15, 0.2) is 0 Å². The lowest BCUT2D eigenvalue weighted by Gasteiger charge is -2.01. The van der Waals surface area contributed by atoms with Crippen LogP contribution in [0.1, 0.15) is 11.3 Å². The topological polar surface area (TPSA) is 65.0 Å². The number of benzene rings is 2. The molecule has 0 aliphatic heterocycles. The highest BCUT2D eigenvalue weighted by atomic mass is 35.5. The predicted molar refractivity (Wildman–Crippen MR) is 95.2 cm³/mol. The zero-order chi connectivity index (χ0) is 17.4. The van der Waals surface area contributed by atoms with E-state index in [0.717, 1.165) is 16.7 Å². The van der Waals surface area contributed by atoms with E-state index >= 15 is 0 Å². The molecule has 0 saturated heterocycles. The van der Waals surface area contributed by atoms with E-state index in [-0.39, 0.29) is 0 Å². The van der Waals surface area contributed by atoms with Crippen LogP contribution in [0.3, 0.4) is 0 Å². The molecule has 124 valence electrons. The maximum Gasteiger partial charge on any atom is 0.264 e. The van der Waals surface area contributed by atoms with Crippen LogP contribution in [0.4, 0.5) is 0 Å². The highest BCUT2D eigenvalue weighted by molar-refractivity contribution is 6.33. The summed E-state index contributed by atoms with van der Waals surface area (Å²) in [5.74, 6) is 1.46. The van der Waals surface area contributed by atoms with E-state index in [1.807, 2.05) is 49.4 Å². The number of aryl methyl sites for hydroxylation is 2. The largest absolute Gasteiger partial charge is 0.360 e. The fourth-order valence-corrected chi connectivity index (χ4v) is 2.91. The Labute approximate surface area is 149 Å².